The highest BCUT2D eigenvalue weighted by atomic mass is 32.2. The number of nitrogens with zero attached hydrogens (tertiary/aromatic N) is 3. The van der Waals surface area contributed by atoms with E-state index < -0.39 is 33.7 Å². The molecule has 178 valence electrons. The first kappa shape index (κ1) is 24.4. The molecule has 33 heavy (non-hydrogen) atoms. The van der Waals surface area contributed by atoms with Gasteiger partial charge in [-0.25, -0.2) is 23.4 Å². The first-order chi connectivity index (χ1) is 15.5. The van der Waals surface area contributed by atoms with Crippen molar-refractivity contribution in [3.63, 3.8) is 0 Å². The molecule has 0 aromatic carbocycles. The van der Waals surface area contributed by atoms with Gasteiger partial charge in [0.2, 0.25) is 5.88 Å². The summed E-state index contributed by atoms with van der Waals surface area (Å²) in [7, 11) is -2.02. The SMILES string of the molecule is COc1ncccc1CNc1nc(C(F)(F)F)cnc1C(=O)N[C@H](/C=C/S(C)(=O)=O)C1CC1. The zero-order valence-electron chi connectivity index (χ0n) is 17.8. The summed E-state index contributed by atoms with van der Waals surface area (Å²) in [5.74, 6) is -0.872. The number of aromatic nitrogens is 3. The molecule has 0 radical (unpaired) electrons. The number of pyridine rings is 1. The summed E-state index contributed by atoms with van der Waals surface area (Å²) in [6.45, 7) is -0.0344. The summed E-state index contributed by atoms with van der Waals surface area (Å²) in [4.78, 5) is 24.1. The lowest BCUT2D eigenvalue weighted by Crippen LogP contribution is -2.36. The van der Waals surface area contributed by atoms with Gasteiger partial charge in [-0.05, 0) is 24.8 Å². The monoisotopic (exact) mass is 485 g/mol. The smallest absolute Gasteiger partial charge is 0.434 e. The number of methoxy groups -OCH3 is 1. The van der Waals surface area contributed by atoms with E-state index in [0.29, 0.717) is 11.8 Å². The van der Waals surface area contributed by atoms with Crippen molar-refractivity contribution in [1.82, 2.24) is 20.3 Å². The number of alkyl halides is 3. The maximum atomic E-state index is 13.2. The van der Waals surface area contributed by atoms with Gasteiger partial charge in [-0.15, -0.1) is 0 Å². The maximum Gasteiger partial charge on any atom is 0.434 e. The van der Waals surface area contributed by atoms with Gasteiger partial charge in [-0.2, -0.15) is 13.2 Å². The van der Waals surface area contributed by atoms with Gasteiger partial charge in [0.05, 0.1) is 19.3 Å². The minimum atomic E-state index is -4.76. The summed E-state index contributed by atoms with van der Waals surface area (Å²) < 4.78 is 67.6. The van der Waals surface area contributed by atoms with Crippen LogP contribution in [0, 0.1) is 5.92 Å². The number of sulfone groups is 1. The van der Waals surface area contributed by atoms with Crippen LogP contribution in [0.3, 0.4) is 0 Å². The van der Waals surface area contributed by atoms with Crippen LogP contribution in [0.5, 0.6) is 5.88 Å². The minimum Gasteiger partial charge on any atom is -0.481 e. The van der Waals surface area contributed by atoms with Crippen molar-refractivity contribution < 1.29 is 31.1 Å². The van der Waals surface area contributed by atoms with Crippen molar-refractivity contribution in [1.29, 1.82) is 0 Å². The zero-order valence-corrected chi connectivity index (χ0v) is 18.6. The molecule has 1 atom stereocenters. The Kier molecular flexibility index (Phi) is 7.20. The second-order valence-corrected chi connectivity index (χ2v) is 9.40. The minimum absolute atomic E-state index is 0.0328. The fourth-order valence-electron chi connectivity index (χ4n) is 2.96. The molecule has 1 saturated carbocycles. The van der Waals surface area contributed by atoms with Crippen molar-refractivity contribution in [2.24, 2.45) is 5.92 Å². The predicted molar refractivity (Wildman–Crippen MR) is 113 cm³/mol. The number of hydrogen-bond acceptors (Lipinski definition) is 8. The van der Waals surface area contributed by atoms with Crippen LogP contribution in [0.15, 0.2) is 36.0 Å². The summed E-state index contributed by atoms with van der Waals surface area (Å²) in [5.41, 5.74) is -1.10. The van der Waals surface area contributed by atoms with Crippen LogP contribution in [-0.4, -0.2) is 48.7 Å². The molecule has 1 aliphatic rings. The Balaban J connectivity index is 1.88. The highest BCUT2D eigenvalue weighted by Gasteiger charge is 2.35. The number of ether oxygens (including phenoxy) is 1. The average Bonchev–Trinajstić information content (AvgIpc) is 3.59. The van der Waals surface area contributed by atoms with Gasteiger partial charge < -0.3 is 15.4 Å². The molecule has 13 heteroatoms. The Morgan fingerprint density at radius 2 is 2.06 bits per heavy atom. The van der Waals surface area contributed by atoms with Crippen molar-refractivity contribution in [2.45, 2.75) is 31.6 Å². The summed E-state index contributed by atoms with van der Waals surface area (Å²) in [5, 5.41) is 6.33. The third kappa shape index (κ3) is 6.88. The van der Waals surface area contributed by atoms with E-state index in [1.54, 1.807) is 12.1 Å². The molecule has 0 spiro atoms. The van der Waals surface area contributed by atoms with Gasteiger partial charge >= 0.3 is 6.18 Å². The van der Waals surface area contributed by atoms with Gasteiger partial charge in [-0.3, -0.25) is 4.79 Å². The lowest BCUT2D eigenvalue weighted by molar-refractivity contribution is -0.141. The molecule has 0 unspecified atom stereocenters. The fourth-order valence-corrected chi connectivity index (χ4v) is 3.42. The van der Waals surface area contributed by atoms with E-state index >= 15 is 0 Å². The van der Waals surface area contributed by atoms with Gasteiger partial charge in [-0.1, -0.05) is 12.1 Å². The first-order valence-corrected chi connectivity index (χ1v) is 11.8. The Labute approximate surface area is 188 Å². The van der Waals surface area contributed by atoms with Crippen molar-refractivity contribution in [3.05, 3.63) is 53.0 Å². The number of halogens is 3. The third-order valence-corrected chi connectivity index (χ3v) is 5.38. The van der Waals surface area contributed by atoms with Crippen LogP contribution < -0.4 is 15.4 Å². The Hall–Kier alpha value is -3.22. The van der Waals surface area contributed by atoms with E-state index in [1.807, 2.05) is 0 Å². The van der Waals surface area contributed by atoms with E-state index in [1.165, 1.54) is 19.4 Å². The molecule has 1 aliphatic carbocycles. The second kappa shape index (κ2) is 9.73. The Morgan fingerprint density at radius 3 is 2.67 bits per heavy atom. The average molecular weight is 485 g/mol. The number of carbonyl (C=O) groups excluding carboxylic acids is 1. The van der Waals surface area contributed by atoms with Crippen LogP contribution in [0.25, 0.3) is 0 Å². The van der Waals surface area contributed by atoms with E-state index in [4.69, 9.17) is 4.74 Å². The van der Waals surface area contributed by atoms with Crippen LogP contribution >= 0.6 is 0 Å². The zero-order chi connectivity index (χ0) is 24.2. The summed E-state index contributed by atoms with van der Waals surface area (Å²) >= 11 is 0. The van der Waals surface area contributed by atoms with Crippen LogP contribution in [0.1, 0.15) is 34.6 Å². The third-order valence-electron chi connectivity index (χ3n) is 4.73. The number of rotatable bonds is 9. The van der Waals surface area contributed by atoms with E-state index in [9.17, 15) is 26.4 Å². The standard InChI is InChI=1S/C20H22F3N5O4S/c1-32-19-13(4-3-8-24-19)10-26-17-16(25-11-15(28-17)20(21,22)23)18(29)27-14(12-5-6-12)7-9-33(2,30)31/h3-4,7-9,11-12,14H,5-6,10H2,1-2H3,(H,26,28)(H,27,29)/b9-7+/t14-/m1/s1. The normalized spacial score (nSPS) is 15.3. The molecular weight excluding hydrogens is 463 g/mol. The van der Waals surface area contributed by atoms with Crippen molar-refractivity contribution in [2.75, 3.05) is 18.7 Å². The Bertz CT molecular complexity index is 1150. The molecule has 2 aromatic heterocycles. The van der Waals surface area contributed by atoms with Crippen LogP contribution in [0.4, 0.5) is 19.0 Å². The van der Waals surface area contributed by atoms with Gasteiger partial charge in [0.1, 0.15) is 0 Å². The molecule has 0 saturated heterocycles. The van der Waals surface area contributed by atoms with Gasteiger partial charge in [0, 0.05) is 30.0 Å². The Morgan fingerprint density at radius 1 is 1.33 bits per heavy atom. The highest BCUT2D eigenvalue weighted by molar-refractivity contribution is 7.93. The molecule has 2 heterocycles. The molecule has 2 N–H and O–H groups in total. The topological polar surface area (TPSA) is 123 Å². The lowest BCUT2D eigenvalue weighted by atomic mass is 10.2. The number of amides is 1. The van der Waals surface area contributed by atoms with Crippen LogP contribution in [-0.2, 0) is 22.6 Å². The molecule has 0 aliphatic heterocycles. The quantitative estimate of drug-likeness (QED) is 0.556. The molecule has 1 amide bonds. The van der Waals surface area contributed by atoms with Crippen molar-refractivity contribution >= 4 is 21.6 Å². The molecule has 9 nitrogen and oxygen atoms in total. The van der Waals surface area contributed by atoms with E-state index in [0.717, 1.165) is 24.5 Å². The van der Waals surface area contributed by atoms with Gasteiger partial charge in [0.25, 0.3) is 5.91 Å². The fraction of sp³-hybridized carbons (Fsp3) is 0.400. The summed E-state index contributed by atoms with van der Waals surface area (Å²) in [6, 6.07) is 2.67. The maximum absolute atomic E-state index is 13.2. The van der Waals surface area contributed by atoms with Crippen LogP contribution in [0.2, 0.25) is 0 Å². The largest absolute Gasteiger partial charge is 0.481 e. The number of hydrogen-bond donors (Lipinski definition) is 2. The number of carbonyl (C=O) groups is 1. The molecule has 3 rings (SSSR count). The van der Waals surface area contributed by atoms with E-state index in [2.05, 4.69) is 25.6 Å². The van der Waals surface area contributed by atoms with Gasteiger partial charge in [0.15, 0.2) is 27.0 Å². The molecule has 2 aromatic rings. The molecule has 0 bridgehead atoms. The molecular formula is C20H22F3N5O4S. The predicted octanol–water partition coefficient (Wildman–Crippen LogP) is 2.58. The highest BCUT2D eigenvalue weighted by Crippen LogP contribution is 2.34. The van der Waals surface area contributed by atoms with Crippen molar-refractivity contribution in [3.8, 4) is 5.88 Å². The number of nitrogens with one attached hydrogen (secondary N) is 2. The van der Waals surface area contributed by atoms with E-state index in [-0.39, 0.29) is 29.9 Å². The summed E-state index contributed by atoms with van der Waals surface area (Å²) in [6.07, 6.45) is 1.14. The lowest BCUT2D eigenvalue weighted by Gasteiger charge is -2.17. The molecule has 1 fully saturated rings. The first-order valence-electron chi connectivity index (χ1n) is 9.83. The number of anilines is 1. The second-order valence-electron chi connectivity index (χ2n) is 7.47.